The lowest BCUT2D eigenvalue weighted by Gasteiger charge is -2.08. The summed E-state index contributed by atoms with van der Waals surface area (Å²) in [5, 5.41) is 11.7. The van der Waals surface area contributed by atoms with Crippen LogP contribution in [0.25, 0.3) is 0 Å². The van der Waals surface area contributed by atoms with Crippen molar-refractivity contribution < 1.29 is 14.7 Å². The molecule has 1 aromatic carbocycles. The molecule has 0 fully saturated rings. The molecule has 21 heavy (non-hydrogen) atoms. The third-order valence-corrected chi connectivity index (χ3v) is 3.21. The average molecular weight is 326 g/mol. The summed E-state index contributed by atoms with van der Waals surface area (Å²) in [4.78, 5) is 26.6. The lowest BCUT2D eigenvalue weighted by atomic mass is 10.2. The van der Waals surface area contributed by atoms with Gasteiger partial charge < -0.3 is 16.2 Å². The van der Waals surface area contributed by atoms with Crippen molar-refractivity contribution in [2.24, 2.45) is 0 Å². The number of amides is 1. The highest BCUT2D eigenvalue weighted by Crippen LogP contribution is 2.29. The zero-order chi connectivity index (χ0) is 15.6. The Morgan fingerprint density at radius 3 is 2.29 bits per heavy atom. The number of pyridine rings is 1. The number of halogens is 2. The summed E-state index contributed by atoms with van der Waals surface area (Å²) < 4.78 is 0. The highest BCUT2D eigenvalue weighted by Gasteiger charge is 2.12. The summed E-state index contributed by atoms with van der Waals surface area (Å²) in [5.74, 6) is -1.65. The van der Waals surface area contributed by atoms with Gasteiger partial charge in [0.05, 0.1) is 33.2 Å². The second-order valence-electron chi connectivity index (χ2n) is 4.08. The number of hydrogen-bond donors (Lipinski definition) is 3. The van der Waals surface area contributed by atoms with E-state index in [9.17, 15) is 9.59 Å². The molecule has 108 valence electrons. The molecule has 2 aromatic rings. The number of benzene rings is 1. The molecule has 4 N–H and O–H groups in total. The van der Waals surface area contributed by atoms with Crippen molar-refractivity contribution in [2.75, 3.05) is 11.1 Å². The monoisotopic (exact) mass is 325 g/mol. The lowest BCUT2D eigenvalue weighted by Crippen LogP contribution is -2.13. The molecule has 2 rings (SSSR count). The second-order valence-corrected chi connectivity index (χ2v) is 4.89. The molecule has 0 aliphatic rings. The van der Waals surface area contributed by atoms with E-state index < -0.39 is 11.9 Å². The molecule has 6 nitrogen and oxygen atoms in total. The number of aromatic carboxylic acids is 1. The number of nitrogens with two attached hydrogens (primary N) is 1. The lowest BCUT2D eigenvalue weighted by molar-refractivity contribution is 0.0696. The topological polar surface area (TPSA) is 105 Å². The van der Waals surface area contributed by atoms with Crippen LogP contribution in [0.4, 0.5) is 11.4 Å². The Labute approximate surface area is 129 Å². The van der Waals surface area contributed by atoms with Crippen LogP contribution in [0.3, 0.4) is 0 Å². The molecular formula is C13H9Cl2N3O3. The Kier molecular flexibility index (Phi) is 4.30. The van der Waals surface area contributed by atoms with Crippen molar-refractivity contribution in [2.45, 2.75) is 0 Å². The summed E-state index contributed by atoms with van der Waals surface area (Å²) in [6, 6.07) is 4.02. The van der Waals surface area contributed by atoms with Crippen LogP contribution >= 0.6 is 23.2 Å². The van der Waals surface area contributed by atoms with E-state index in [1.807, 2.05) is 0 Å². The normalized spacial score (nSPS) is 10.2. The SMILES string of the molecule is Nc1c(Cl)cc(C(=O)Nc2cncc(C(=O)O)c2)cc1Cl. The minimum atomic E-state index is -1.14. The summed E-state index contributed by atoms with van der Waals surface area (Å²) in [7, 11) is 0. The standard InChI is InChI=1S/C13H9Cl2N3O3/c14-9-2-6(3-10(15)11(9)16)12(19)18-8-1-7(13(20)21)4-17-5-8/h1-5H,16H2,(H,18,19)(H,20,21). The molecule has 1 heterocycles. The highest BCUT2D eigenvalue weighted by atomic mass is 35.5. The molecule has 0 unspecified atom stereocenters. The van der Waals surface area contributed by atoms with Gasteiger partial charge in [0.15, 0.2) is 0 Å². The molecule has 0 radical (unpaired) electrons. The smallest absolute Gasteiger partial charge is 0.337 e. The number of rotatable bonds is 3. The van der Waals surface area contributed by atoms with Gasteiger partial charge in [-0.1, -0.05) is 23.2 Å². The fourth-order valence-corrected chi connectivity index (χ4v) is 2.03. The van der Waals surface area contributed by atoms with Crippen molar-refractivity contribution in [3.05, 3.63) is 51.8 Å². The van der Waals surface area contributed by atoms with Gasteiger partial charge >= 0.3 is 5.97 Å². The Hall–Kier alpha value is -2.31. The van der Waals surface area contributed by atoms with Crippen LogP contribution in [0, 0.1) is 0 Å². The Morgan fingerprint density at radius 2 is 1.71 bits per heavy atom. The van der Waals surface area contributed by atoms with Crippen LogP contribution < -0.4 is 11.1 Å². The van der Waals surface area contributed by atoms with Crippen molar-refractivity contribution in [1.82, 2.24) is 4.98 Å². The first-order valence-electron chi connectivity index (χ1n) is 5.62. The van der Waals surface area contributed by atoms with Gasteiger partial charge in [-0.15, -0.1) is 0 Å². The Balaban J connectivity index is 2.26. The molecule has 0 atom stereocenters. The number of carbonyl (C=O) groups is 2. The molecule has 0 aliphatic heterocycles. The highest BCUT2D eigenvalue weighted by molar-refractivity contribution is 6.39. The number of aromatic nitrogens is 1. The van der Waals surface area contributed by atoms with Gasteiger partial charge in [0.2, 0.25) is 0 Å². The first-order valence-corrected chi connectivity index (χ1v) is 6.38. The maximum absolute atomic E-state index is 12.1. The Bertz CT molecular complexity index is 711. The number of carboxylic acid groups (broad SMARTS) is 1. The van der Waals surface area contributed by atoms with E-state index in [1.165, 1.54) is 30.6 Å². The predicted molar refractivity (Wildman–Crippen MR) is 80.0 cm³/mol. The molecule has 0 bridgehead atoms. The zero-order valence-electron chi connectivity index (χ0n) is 10.4. The fourth-order valence-electron chi connectivity index (χ4n) is 1.54. The van der Waals surface area contributed by atoms with E-state index in [0.717, 1.165) is 0 Å². The number of carbonyl (C=O) groups excluding carboxylic acids is 1. The van der Waals surface area contributed by atoms with Crippen LogP contribution in [0.2, 0.25) is 10.0 Å². The second kappa shape index (κ2) is 5.99. The maximum atomic E-state index is 12.1. The van der Waals surface area contributed by atoms with Crippen molar-refractivity contribution in [3.8, 4) is 0 Å². The third-order valence-electron chi connectivity index (χ3n) is 2.58. The average Bonchev–Trinajstić information content (AvgIpc) is 2.44. The Morgan fingerprint density at radius 1 is 1.10 bits per heavy atom. The van der Waals surface area contributed by atoms with Crippen LogP contribution in [-0.2, 0) is 0 Å². The van der Waals surface area contributed by atoms with E-state index in [1.54, 1.807) is 0 Å². The number of carboxylic acids is 1. The summed E-state index contributed by atoms with van der Waals surface area (Å²) in [6.45, 7) is 0. The quantitative estimate of drug-likeness (QED) is 0.752. The molecule has 8 heteroatoms. The van der Waals surface area contributed by atoms with Gasteiger partial charge in [-0.25, -0.2) is 4.79 Å². The van der Waals surface area contributed by atoms with Crippen LogP contribution in [0.1, 0.15) is 20.7 Å². The van der Waals surface area contributed by atoms with Crippen LogP contribution in [0.5, 0.6) is 0 Å². The van der Waals surface area contributed by atoms with Gasteiger partial charge in [-0.3, -0.25) is 9.78 Å². The summed E-state index contributed by atoms with van der Waals surface area (Å²) >= 11 is 11.7. The van der Waals surface area contributed by atoms with Gasteiger partial charge in [0.1, 0.15) is 0 Å². The number of nitrogens with zero attached hydrogens (tertiary/aromatic N) is 1. The first-order chi connectivity index (χ1) is 9.88. The van der Waals surface area contributed by atoms with E-state index in [4.69, 9.17) is 34.0 Å². The van der Waals surface area contributed by atoms with Crippen LogP contribution in [0.15, 0.2) is 30.6 Å². The van der Waals surface area contributed by atoms with Crippen molar-refractivity contribution in [1.29, 1.82) is 0 Å². The zero-order valence-corrected chi connectivity index (χ0v) is 11.9. The van der Waals surface area contributed by atoms with Crippen molar-refractivity contribution in [3.63, 3.8) is 0 Å². The number of hydrogen-bond acceptors (Lipinski definition) is 4. The first kappa shape index (κ1) is 15.1. The number of nitrogen functional groups attached to an aromatic ring is 1. The maximum Gasteiger partial charge on any atom is 0.337 e. The largest absolute Gasteiger partial charge is 0.478 e. The van der Waals surface area contributed by atoms with Crippen molar-refractivity contribution >= 4 is 46.5 Å². The molecule has 0 aliphatic carbocycles. The molecule has 0 saturated carbocycles. The van der Waals surface area contributed by atoms with Gasteiger partial charge in [0.25, 0.3) is 5.91 Å². The van der Waals surface area contributed by atoms with E-state index in [-0.39, 0.29) is 32.5 Å². The number of anilines is 2. The van der Waals surface area contributed by atoms with Gasteiger partial charge in [0, 0.05) is 11.8 Å². The van der Waals surface area contributed by atoms with E-state index in [2.05, 4.69) is 10.3 Å². The summed E-state index contributed by atoms with van der Waals surface area (Å²) in [5.41, 5.74) is 6.16. The fraction of sp³-hybridized carbons (Fsp3) is 0. The summed E-state index contributed by atoms with van der Waals surface area (Å²) in [6.07, 6.45) is 2.50. The molecule has 1 aromatic heterocycles. The van der Waals surface area contributed by atoms with Crippen LogP contribution in [-0.4, -0.2) is 22.0 Å². The van der Waals surface area contributed by atoms with Gasteiger partial charge in [-0.2, -0.15) is 0 Å². The molecular weight excluding hydrogens is 317 g/mol. The minimum Gasteiger partial charge on any atom is -0.478 e. The third kappa shape index (κ3) is 3.42. The molecule has 0 saturated heterocycles. The van der Waals surface area contributed by atoms with Gasteiger partial charge in [-0.05, 0) is 18.2 Å². The minimum absolute atomic E-state index is 0.0406. The van der Waals surface area contributed by atoms with E-state index in [0.29, 0.717) is 0 Å². The predicted octanol–water partition coefficient (Wildman–Crippen LogP) is 2.92. The molecule has 0 spiro atoms. The number of nitrogens with one attached hydrogen (secondary N) is 1. The van der Waals surface area contributed by atoms with E-state index >= 15 is 0 Å². The molecule has 1 amide bonds.